The predicted octanol–water partition coefficient (Wildman–Crippen LogP) is 4.18. The maximum Gasteiger partial charge on any atom is 0.352 e. The van der Waals surface area contributed by atoms with E-state index in [0.29, 0.717) is 0 Å². The van der Waals surface area contributed by atoms with Crippen LogP contribution in [-0.4, -0.2) is 22.1 Å². The van der Waals surface area contributed by atoms with Gasteiger partial charge in [-0.1, -0.05) is 82.3 Å². The van der Waals surface area contributed by atoms with E-state index >= 15 is 0 Å². The molecule has 0 atom stereocenters. The van der Waals surface area contributed by atoms with E-state index in [9.17, 15) is 8.42 Å². The Morgan fingerprint density at radius 3 is 1.55 bits per heavy atom. The smallest absolute Gasteiger partial charge is 0.257 e. The van der Waals surface area contributed by atoms with Gasteiger partial charge in [0, 0.05) is 7.05 Å². The highest BCUT2D eigenvalue weighted by atomic mass is 32.2. The van der Waals surface area contributed by atoms with E-state index in [1.54, 1.807) is 0 Å². The zero-order chi connectivity index (χ0) is 15.1. The summed E-state index contributed by atoms with van der Waals surface area (Å²) < 4.78 is 29.7. The summed E-state index contributed by atoms with van der Waals surface area (Å²) in [7, 11) is -2.38. The maximum atomic E-state index is 10.9. The molecule has 0 saturated heterocycles. The first kappa shape index (κ1) is 19.9. The van der Waals surface area contributed by atoms with E-state index in [4.69, 9.17) is 0 Å². The van der Waals surface area contributed by atoms with Gasteiger partial charge in [0.2, 0.25) is 0 Å². The summed E-state index contributed by atoms with van der Waals surface area (Å²) >= 11 is 0. The molecule has 5 heteroatoms. The molecule has 0 spiro atoms. The lowest BCUT2D eigenvalue weighted by atomic mass is 10.1. The molecule has 0 aliphatic rings. The molecule has 0 N–H and O–H groups in total. The van der Waals surface area contributed by atoms with E-state index in [-0.39, 0.29) is 6.61 Å². The van der Waals surface area contributed by atoms with Crippen LogP contribution in [0.1, 0.15) is 84.0 Å². The minimum absolute atomic E-state index is 0.261. The van der Waals surface area contributed by atoms with Crippen molar-refractivity contribution in [3.05, 3.63) is 0 Å². The third-order valence-electron chi connectivity index (χ3n) is 3.45. The summed E-state index contributed by atoms with van der Waals surface area (Å²) in [4.78, 5) is 0. The van der Waals surface area contributed by atoms with Gasteiger partial charge in [0.15, 0.2) is 0 Å². The van der Waals surface area contributed by atoms with Crippen LogP contribution in [0.3, 0.4) is 0 Å². The summed E-state index contributed by atoms with van der Waals surface area (Å²) in [6.07, 6.45) is 15.1. The van der Waals surface area contributed by atoms with Gasteiger partial charge in [-0.15, -0.1) is 0 Å². The van der Waals surface area contributed by atoms with Gasteiger partial charge in [-0.2, -0.15) is 8.42 Å². The second kappa shape index (κ2) is 13.8. The fourth-order valence-electron chi connectivity index (χ4n) is 2.16. The van der Waals surface area contributed by atoms with Crippen LogP contribution in [0.25, 0.3) is 0 Å². The van der Waals surface area contributed by atoms with Gasteiger partial charge < -0.3 is 0 Å². The minimum atomic E-state index is -3.61. The van der Waals surface area contributed by atoms with E-state index < -0.39 is 10.3 Å². The van der Waals surface area contributed by atoms with E-state index in [1.807, 2.05) is 0 Å². The zero-order valence-corrected chi connectivity index (χ0v) is 14.1. The summed E-state index contributed by atoms with van der Waals surface area (Å²) in [5, 5.41) is 0. The van der Waals surface area contributed by atoms with Crippen molar-refractivity contribution in [2.24, 2.45) is 0 Å². The number of rotatable bonds is 15. The van der Waals surface area contributed by atoms with Crippen LogP contribution in [-0.2, 0) is 14.5 Å². The normalized spacial score (nSPS) is 11.9. The van der Waals surface area contributed by atoms with Crippen molar-refractivity contribution >= 4 is 10.3 Å². The topological polar surface area (TPSA) is 57.5 Å². The van der Waals surface area contributed by atoms with Crippen molar-refractivity contribution in [2.45, 2.75) is 84.0 Å². The van der Waals surface area contributed by atoms with Crippen LogP contribution in [0, 0.1) is 0 Å². The number of unbranched alkanes of at least 4 members (excludes halogenated alkanes) is 11. The molecule has 0 aromatic rings. The van der Waals surface area contributed by atoms with Gasteiger partial charge >= 0.3 is 10.3 Å². The van der Waals surface area contributed by atoms with Gasteiger partial charge in [0.1, 0.15) is 0 Å². The van der Waals surface area contributed by atoms with Gasteiger partial charge in [-0.05, 0) is 6.42 Å². The molecule has 0 saturated carbocycles. The number of hydrogen-bond acceptors (Lipinski definition) is 3. The highest BCUT2D eigenvalue weighted by molar-refractivity contribution is 7.84. The quantitative estimate of drug-likeness (QED) is 0.426. The van der Waals surface area contributed by atoms with Crippen molar-refractivity contribution in [3.8, 4) is 0 Å². The lowest BCUT2D eigenvalue weighted by Gasteiger charge is -2.03. The van der Waals surface area contributed by atoms with Crippen LogP contribution in [0.2, 0.25) is 0 Å². The van der Waals surface area contributed by atoms with Crippen molar-refractivity contribution in [3.63, 3.8) is 0 Å². The van der Waals surface area contributed by atoms with Gasteiger partial charge in [-0.25, -0.2) is 0 Å². The molecule has 0 heterocycles. The van der Waals surface area contributed by atoms with Crippen LogP contribution in [0.15, 0.2) is 0 Å². The molecule has 0 rings (SSSR count). The van der Waals surface area contributed by atoms with Crippen LogP contribution in [0.5, 0.6) is 0 Å². The molecule has 0 aliphatic carbocycles. The highest BCUT2D eigenvalue weighted by Crippen LogP contribution is 2.11. The van der Waals surface area contributed by atoms with Gasteiger partial charge in [-0.3, -0.25) is 4.18 Å². The maximum absolute atomic E-state index is 10.9. The number of hydrogen-bond donors (Lipinski definition) is 0. The van der Waals surface area contributed by atoms with E-state index in [0.717, 1.165) is 12.8 Å². The van der Waals surface area contributed by atoms with Crippen LogP contribution < -0.4 is 4.72 Å². The molecule has 0 bridgehead atoms. The van der Waals surface area contributed by atoms with Crippen molar-refractivity contribution in [1.82, 2.24) is 4.72 Å². The van der Waals surface area contributed by atoms with Crippen molar-refractivity contribution in [1.29, 1.82) is 0 Å². The van der Waals surface area contributed by atoms with Crippen molar-refractivity contribution < 1.29 is 12.6 Å². The third kappa shape index (κ3) is 14.3. The first-order valence-corrected chi connectivity index (χ1v) is 9.49. The standard InChI is InChI=1S/C15H32NO3S/c1-3-4-5-6-7-8-9-10-11-12-13-14-15-19-20(17,18)16-2/h3-15H2,1-2H3. The average Bonchev–Trinajstić information content (AvgIpc) is 2.44. The number of nitrogens with zero attached hydrogens (tertiary/aromatic N) is 1. The average molecular weight is 306 g/mol. The molecule has 0 aliphatic heterocycles. The summed E-state index contributed by atoms with van der Waals surface area (Å²) in [6, 6.07) is 0. The molecule has 20 heavy (non-hydrogen) atoms. The summed E-state index contributed by atoms with van der Waals surface area (Å²) in [5.74, 6) is 0. The van der Waals surface area contributed by atoms with Crippen LogP contribution >= 0.6 is 0 Å². The van der Waals surface area contributed by atoms with Gasteiger partial charge in [0.05, 0.1) is 6.61 Å². The molecular formula is C15H32NO3S. The zero-order valence-electron chi connectivity index (χ0n) is 13.3. The molecule has 0 amide bonds. The minimum Gasteiger partial charge on any atom is -0.257 e. The molecule has 0 aromatic carbocycles. The largest absolute Gasteiger partial charge is 0.352 e. The summed E-state index contributed by atoms with van der Waals surface area (Å²) in [6.45, 7) is 2.51. The molecule has 0 unspecified atom stereocenters. The predicted molar refractivity (Wildman–Crippen MR) is 84.0 cm³/mol. The second-order valence-corrected chi connectivity index (χ2v) is 6.78. The highest BCUT2D eigenvalue weighted by Gasteiger charge is 2.06. The Hall–Kier alpha value is -0.130. The first-order valence-electron chi connectivity index (χ1n) is 8.13. The Labute approximate surface area is 125 Å². The lowest BCUT2D eigenvalue weighted by Crippen LogP contribution is -2.15. The molecule has 0 aromatic heterocycles. The molecule has 4 nitrogen and oxygen atoms in total. The summed E-state index contributed by atoms with van der Waals surface area (Å²) in [5.41, 5.74) is 0. The Balaban J connectivity index is 3.10. The monoisotopic (exact) mass is 306 g/mol. The lowest BCUT2D eigenvalue weighted by molar-refractivity contribution is 0.301. The molecular weight excluding hydrogens is 274 g/mol. The third-order valence-corrected chi connectivity index (χ3v) is 4.37. The second-order valence-electron chi connectivity index (χ2n) is 5.32. The Morgan fingerprint density at radius 1 is 0.750 bits per heavy atom. The fourth-order valence-corrected chi connectivity index (χ4v) is 2.59. The molecule has 121 valence electrons. The SMILES string of the molecule is CCCCCCCCCCCCCCOS(=O)(=O)[N]C. The fraction of sp³-hybridized carbons (Fsp3) is 1.00. The van der Waals surface area contributed by atoms with E-state index in [2.05, 4.69) is 15.8 Å². The Morgan fingerprint density at radius 2 is 1.15 bits per heavy atom. The van der Waals surface area contributed by atoms with E-state index in [1.165, 1.54) is 71.3 Å². The van der Waals surface area contributed by atoms with Gasteiger partial charge in [0.25, 0.3) is 0 Å². The first-order chi connectivity index (χ1) is 9.62. The Kier molecular flexibility index (Phi) is 13.7. The van der Waals surface area contributed by atoms with Crippen LogP contribution in [0.4, 0.5) is 0 Å². The molecule has 0 fully saturated rings. The van der Waals surface area contributed by atoms with Crippen molar-refractivity contribution in [2.75, 3.05) is 13.7 Å². The molecule has 1 radical (unpaired) electrons. The Bertz CT molecular complexity index is 291.